The fourth-order valence-electron chi connectivity index (χ4n) is 2.88. The second-order valence-corrected chi connectivity index (χ2v) is 5.87. The predicted molar refractivity (Wildman–Crippen MR) is 87.6 cm³/mol. The molecule has 2 amide bonds. The third-order valence-corrected chi connectivity index (χ3v) is 4.12. The Bertz CT molecular complexity index is 550. The number of nitrogens with one attached hydrogen (secondary N) is 2. The average Bonchev–Trinajstić information content (AvgIpc) is 2.80. The van der Waals surface area contributed by atoms with Crippen molar-refractivity contribution in [3.63, 3.8) is 0 Å². The van der Waals surface area contributed by atoms with E-state index in [0.29, 0.717) is 19.6 Å². The lowest BCUT2D eigenvalue weighted by atomic mass is 10.1. The molecule has 126 valence electrons. The smallest absolute Gasteiger partial charge is 0.234 e. The van der Waals surface area contributed by atoms with Crippen LogP contribution in [-0.4, -0.2) is 43.5 Å². The molecule has 1 aromatic carbocycles. The van der Waals surface area contributed by atoms with Crippen LogP contribution < -0.4 is 10.6 Å². The molecule has 0 saturated heterocycles. The Kier molecular flexibility index (Phi) is 6.12. The van der Waals surface area contributed by atoms with E-state index in [-0.39, 0.29) is 24.2 Å². The zero-order valence-corrected chi connectivity index (χ0v) is 13.9. The summed E-state index contributed by atoms with van der Waals surface area (Å²) >= 11 is 0. The van der Waals surface area contributed by atoms with Crippen molar-refractivity contribution in [2.24, 2.45) is 0 Å². The molecule has 0 radical (unpaired) electrons. The van der Waals surface area contributed by atoms with E-state index in [0.717, 1.165) is 17.5 Å². The number of likely N-dealkylation sites (N-methyl/N-ethyl adjacent to an activating group) is 1. The molecule has 2 N–H and O–H groups in total. The van der Waals surface area contributed by atoms with Crippen molar-refractivity contribution in [1.29, 1.82) is 0 Å². The van der Waals surface area contributed by atoms with Crippen molar-refractivity contribution in [3.8, 4) is 0 Å². The van der Waals surface area contributed by atoms with Gasteiger partial charge in [0.1, 0.15) is 0 Å². The van der Waals surface area contributed by atoms with Crippen molar-refractivity contribution >= 4 is 12.3 Å². The number of carbonyl (C=O) groups is 2. The van der Waals surface area contributed by atoms with E-state index in [1.165, 1.54) is 0 Å². The van der Waals surface area contributed by atoms with Crippen LogP contribution in [0.2, 0.25) is 0 Å². The first kappa shape index (κ1) is 17.4. The molecule has 1 aromatic rings. The maximum Gasteiger partial charge on any atom is 0.234 e. The van der Waals surface area contributed by atoms with E-state index in [9.17, 15) is 9.59 Å². The highest BCUT2D eigenvalue weighted by Gasteiger charge is 2.35. The average molecular weight is 319 g/mol. The zero-order chi connectivity index (χ0) is 16.8. The minimum absolute atomic E-state index is 0.0152. The van der Waals surface area contributed by atoms with Crippen LogP contribution in [0.4, 0.5) is 0 Å². The second kappa shape index (κ2) is 8.08. The van der Waals surface area contributed by atoms with Gasteiger partial charge in [-0.1, -0.05) is 24.3 Å². The molecular formula is C17H25N3O3. The normalized spacial score (nSPS) is 20.9. The van der Waals surface area contributed by atoms with Crippen LogP contribution >= 0.6 is 0 Å². The first-order chi connectivity index (χ1) is 11.1. The van der Waals surface area contributed by atoms with E-state index < -0.39 is 0 Å². The maximum atomic E-state index is 11.5. The minimum Gasteiger partial charge on any atom is -0.354 e. The number of carbonyl (C=O) groups excluding carboxylic acids is 2. The van der Waals surface area contributed by atoms with Crippen molar-refractivity contribution in [2.45, 2.75) is 38.6 Å². The van der Waals surface area contributed by atoms with Crippen LogP contribution in [0, 0.1) is 0 Å². The number of ether oxygens (including phenoxy) is 1. The van der Waals surface area contributed by atoms with Gasteiger partial charge in [0.05, 0.1) is 19.2 Å². The number of rotatable bonds is 8. The standard InChI is InChI=1S/C17H25N3O3/c1-12(19-16(22)10-18-3)8-9-23-17-15-7-5-4-6-14(15)13(2)20(17)11-21/h4-7,11-13,17-18H,8-10H2,1-3H3,(H,19,22). The van der Waals surface area contributed by atoms with Crippen molar-refractivity contribution in [3.05, 3.63) is 35.4 Å². The monoisotopic (exact) mass is 319 g/mol. The van der Waals surface area contributed by atoms with Gasteiger partial charge in [-0.15, -0.1) is 0 Å². The molecule has 2 rings (SSSR count). The first-order valence-corrected chi connectivity index (χ1v) is 7.95. The summed E-state index contributed by atoms with van der Waals surface area (Å²) in [7, 11) is 1.74. The number of fused-ring (bicyclic) bond motifs is 1. The highest BCUT2D eigenvalue weighted by atomic mass is 16.5. The predicted octanol–water partition coefficient (Wildman–Crippen LogP) is 1.35. The quantitative estimate of drug-likeness (QED) is 0.710. The van der Waals surface area contributed by atoms with Gasteiger partial charge in [0.15, 0.2) is 6.23 Å². The Morgan fingerprint density at radius 2 is 2.09 bits per heavy atom. The van der Waals surface area contributed by atoms with Gasteiger partial charge in [0, 0.05) is 11.6 Å². The van der Waals surface area contributed by atoms with Crippen molar-refractivity contribution < 1.29 is 14.3 Å². The van der Waals surface area contributed by atoms with Gasteiger partial charge in [-0.05, 0) is 32.9 Å². The minimum atomic E-state index is -0.348. The van der Waals surface area contributed by atoms with E-state index in [1.54, 1.807) is 11.9 Å². The Morgan fingerprint density at radius 3 is 2.74 bits per heavy atom. The molecule has 6 heteroatoms. The maximum absolute atomic E-state index is 11.5. The van der Waals surface area contributed by atoms with E-state index >= 15 is 0 Å². The second-order valence-electron chi connectivity index (χ2n) is 5.87. The molecule has 0 saturated carbocycles. The highest BCUT2D eigenvalue weighted by molar-refractivity contribution is 5.78. The third-order valence-electron chi connectivity index (χ3n) is 4.12. The van der Waals surface area contributed by atoms with Gasteiger partial charge in [0.25, 0.3) is 0 Å². The van der Waals surface area contributed by atoms with Crippen molar-refractivity contribution in [2.75, 3.05) is 20.2 Å². The summed E-state index contributed by atoms with van der Waals surface area (Å²) < 4.78 is 5.94. The zero-order valence-electron chi connectivity index (χ0n) is 13.9. The summed E-state index contributed by atoms with van der Waals surface area (Å²) in [4.78, 5) is 24.6. The Labute approximate surface area is 137 Å². The molecule has 0 bridgehead atoms. The summed E-state index contributed by atoms with van der Waals surface area (Å²) in [6.07, 6.45) is 1.18. The molecule has 1 aliphatic rings. The summed E-state index contributed by atoms with van der Waals surface area (Å²) in [5.74, 6) is -0.0330. The van der Waals surface area contributed by atoms with Gasteiger partial charge in [-0.3, -0.25) is 9.59 Å². The van der Waals surface area contributed by atoms with Crippen LogP contribution in [0.5, 0.6) is 0 Å². The summed E-state index contributed by atoms with van der Waals surface area (Å²) in [5.41, 5.74) is 2.17. The first-order valence-electron chi connectivity index (χ1n) is 7.95. The van der Waals surface area contributed by atoms with E-state index in [2.05, 4.69) is 10.6 Å². The topological polar surface area (TPSA) is 70.7 Å². The van der Waals surface area contributed by atoms with Crippen LogP contribution in [0.25, 0.3) is 0 Å². The highest BCUT2D eigenvalue weighted by Crippen LogP contribution is 2.41. The fourth-order valence-corrected chi connectivity index (χ4v) is 2.88. The lowest BCUT2D eigenvalue weighted by Gasteiger charge is -2.25. The van der Waals surface area contributed by atoms with Crippen LogP contribution in [-0.2, 0) is 14.3 Å². The molecule has 1 aliphatic heterocycles. The third kappa shape index (κ3) is 4.09. The molecule has 0 aromatic heterocycles. The van der Waals surface area contributed by atoms with E-state index in [4.69, 9.17) is 4.74 Å². The summed E-state index contributed by atoms with van der Waals surface area (Å²) in [6, 6.07) is 7.99. The van der Waals surface area contributed by atoms with Gasteiger partial charge >= 0.3 is 0 Å². The largest absolute Gasteiger partial charge is 0.354 e. The number of hydrogen-bond donors (Lipinski definition) is 2. The molecule has 23 heavy (non-hydrogen) atoms. The molecule has 0 fully saturated rings. The lowest BCUT2D eigenvalue weighted by molar-refractivity contribution is -0.135. The van der Waals surface area contributed by atoms with Crippen molar-refractivity contribution in [1.82, 2.24) is 15.5 Å². The van der Waals surface area contributed by atoms with Crippen LogP contribution in [0.15, 0.2) is 24.3 Å². The summed E-state index contributed by atoms with van der Waals surface area (Å²) in [6.45, 7) is 4.71. The fraction of sp³-hybridized carbons (Fsp3) is 0.529. The van der Waals surface area contributed by atoms with Gasteiger partial charge in [0.2, 0.25) is 12.3 Å². The Balaban J connectivity index is 1.90. The molecule has 0 aliphatic carbocycles. The molecular weight excluding hydrogens is 294 g/mol. The number of amides is 2. The van der Waals surface area contributed by atoms with Crippen LogP contribution in [0.1, 0.15) is 43.7 Å². The SMILES string of the molecule is CNCC(=O)NC(C)CCOC1c2ccccc2C(C)N1C=O. The molecule has 3 atom stereocenters. The Hall–Kier alpha value is -1.92. The van der Waals surface area contributed by atoms with E-state index in [1.807, 2.05) is 38.1 Å². The number of benzene rings is 1. The number of nitrogens with zero attached hydrogens (tertiary/aromatic N) is 1. The van der Waals surface area contributed by atoms with Gasteiger partial charge < -0.3 is 20.3 Å². The molecule has 0 spiro atoms. The Morgan fingerprint density at radius 1 is 1.39 bits per heavy atom. The molecule has 6 nitrogen and oxygen atoms in total. The van der Waals surface area contributed by atoms with Gasteiger partial charge in [-0.2, -0.15) is 0 Å². The molecule has 3 unspecified atom stereocenters. The summed E-state index contributed by atoms with van der Waals surface area (Å²) in [5, 5.41) is 5.71. The van der Waals surface area contributed by atoms with Gasteiger partial charge in [-0.25, -0.2) is 0 Å². The lowest BCUT2D eigenvalue weighted by Crippen LogP contribution is -2.38. The number of hydrogen-bond acceptors (Lipinski definition) is 4. The van der Waals surface area contributed by atoms with Crippen LogP contribution in [0.3, 0.4) is 0 Å². The molecule has 1 heterocycles.